The first kappa shape index (κ1) is 14.3. The number of aryl methyl sites for hydroxylation is 1. The molecule has 2 heterocycles. The molecule has 2 atom stereocenters. The Bertz CT molecular complexity index is 528. The van der Waals surface area contributed by atoms with Gasteiger partial charge in [-0.2, -0.15) is 5.10 Å². The first-order valence-corrected chi connectivity index (χ1v) is 6.33. The van der Waals surface area contributed by atoms with E-state index < -0.39 is 24.1 Å². The van der Waals surface area contributed by atoms with Crippen LogP contribution in [0, 0.1) is 6.92 Å². The lowest BCUT2D eigenvalue weighted by Gasteiger charge is -2.21. The number of aliphatic hydroxyl groups excluding tert-OH is 1. The highest BCUT2D eigenvalue weighted by Crippen LogP contribution is 2.18. The van der Waals surface area contributed by atoms with Crippen molar-refractivity contribution in [3.63, 3.8) is 0 Å². The van der Waals surface area contributed by atoms with E-state index in [1.165, 1.54) is 0 Å². The number of likely N-dealkylation sites (tertiary alicyclic amines) is 1. The minimum absolute atomic E-state index is 0.0365. The number of nitrogens with one attached hydrogen (secondary N) is 1. The molecule has 0 aromatic carbocycles. The number of aliphatic hydroxyl groups is 1. The lowest BCUT2D eigenvalue weighted by atomic mass is 10.2. The first-order chi connectivity index (χ1) is 9.40. The molecule has 1 aliphatic rings. The third kappa shape index (κ3) is 2.74. The largest absolute Gasteiger partial charge is 0.480 e. The van der Waals surface area contributed by atoms with Gasteiger partial charge in [-0.05, 0) is 6.92 Å². The summed E-state index contributed by atoms with van der Waals surface area (Å²) >= 11 is 0. The minimum atomic E-state index is -1.10. The number of carbonyl (C=O) groups excluding carboxylic acids is 1. The summed E-state index contributed by atoms with van der Waals surface area (Å²) in [4.78, 5) is 24.2. The van der Waals surface area contributed by atoms with Gasteiger partial charge in [-0.3, -0.25) is 4.68 Å². The summed E-state index contributed by atoms with van der Waals surface area (Å²) in [5.74, 6) is -1.10. The number of aromatic nitrogens is 2. The normalized spacial score (nSPS) is 22.1. The van der Waals surface area contributed by atoms with Crippen LogP contribution >= 0.6 is 0 Å². The Labute approximate surface area is 116 Å². The molecule has 1 aromatic rings. The molecule has 1 saturated heterocycles. The fourth-order valence-corrected chi connectivity index (χ4v) is 2.26. The molecule has 20 heavy (non-hydrogen) atoms. The summed E-state index contributed by atoms with van der Waals surface area (Å²) in [5.41, 5.74) is 1.80. The maximum Gasteiger partial charge on any atom is 0.326 e. The summed E-state index contributed by atoms with van der Waals surface area (Å²) in [6.45, 7) is 2.19. The molecule has 1 aromatic heterocycles. The zero-order chi connectivity index (χ0) is 14.9. The summed E-state index contributed by atoms with van der Waals surface area (Å²) < 4.78 is 1.70. The fraction of sp³-hybridized carbons (Fsp3) is 0.583. The highest BCUT2D eigenvalue weighted by Gasteiger charge is 2.38. The number of hydrogen-bond donors (Lipinski definition) is 3. The van der Waals surface area contributed by atoms with Crippen LogP contribution in [0.3, 0.4) is 0 Å². The first-order valence-electron chi connectivity index (χ1n) is 6.33. The van der Waals surface area contributed by atoms with E-state index in [1.54, 1.807) is 17.9 Å². The molecule has 0 bridgehead atoms. The van der Waals surface area contributed by atoms with Gasteiger partial charge in [0, 0.05) is 37.8 Å². The van der Waals surface area contributed by atoms with E-state index in [2.05, 4.69) is 10.4 Å². The van der Waals surface area contributed by atoms with Crippen molar-refractivity contribution in [3.05, 3.63) is 17.5 Å². The predicted molar refractivity (Wildman–Crippen MR) is 68.9 cm³/mol. The van der Waals surface area contributed by atoms with Crippen LogP contribution in [0.15, 0.2) is 6.20 Å². The Morgan fingerprint density at radius 3 is 2.80 bits per heavy atom. The predicted octanol–water partition coefficient (Wildman–Crippen LogP) is -0.542. The van der Waals surface area contributed by atoms with Crippen LogP contribution in [-0.4, -0.2) is 55.6 Å². The number of urea groups is 1. The molecule has 8 heteroatoms. The summed E-state index contributed by atoms with van der Waals surface area (Å²) in [5, 5.41) is 25.3. The summed E-state index contributed by atoms with van der Waals surface area (Å²) in [6, 6.07) is -1.46. The molecule has 0 aliphatic carbocycles. The van der Waals surface area contributed by atoms with Crippen molar-refractivity contribution in [1.82, 2.24) is 20.0 Å². The lowest BCUT2D eigenvalue weighted by molar-refractivity contribution is -0.141. The van der Waals surface area contributed by atoms with Gasteiger partial charge in [0.05, 0.1) is 12.3 Å². The van der Waals surface area contributed by atoms with Crippen molar-refractivity contribution in [2.75, 3.05) is 6.54 Å². The van der Waals surface area contributed by atoms with Gasteiger partial charge >= 0.3 is 12.0 Å². The molecule has 0 radical (unpaired) electrons. The second kappa shape index (κ2) is 5.49. The Balaban J connectivity index is 1.98. The third-order valence-corrected chi connectivity index (χ3v) is 3.59. The van der Waals surface area contributed by atoms with Crippen molar-refractivity contribution in [2.24, 2.45) is 7.05 Å². The molecular weight excluding hydrogens is 264 g/mol. The quantitative estimate of drug-likeness (QED) is 0.690. The fourth-order valence-electron chi connectivity index (χ4n) is 2.26. The number of nitrogens with zero attached hydrogens (tertiary/aromatic N) is 3. The number of carboxylic acid groups (broad SMARTS) is 1. The maximum atomic E-state index is 12.0. The van der Waals surface area contributed by atoms with Crippen LogP contribution in [0.25, 0.3) is 0 Å². The summed E-state index contributed by atoms with van der Waals surface area (Å²) in [7, 11) is 1.80. The average molecular weight is 282 g/mol. The number of carboxylic acids is 1. The van der Waals surface area contributed by atoms with E-state index in [1.807, 2.05) is 6.92 Å². The zero-order valence-electron chi connectivity index (χ0n) is 11.4. The van der Waals surface area contributed by atoms with Gasteiger partial charge in [-0.25, -0.2) is 9.59 Å². The highest BCUT2D eigenvalue weighted by atomic mass is 16.4. The highest BCUT2D eigenvalue weighted by molar-refractivity contribution is 5.83. The number of aliphatic carboxylic acids is 1. The Morgan fingerprint density at radius 1 is 1.55 bits per heavy atom. The van der Waals surface area contributed by atoms with Crippen LogP contribution in [0.4, 0.5) is 4.79 Å². The smallest absolute Gasteiger partial charge is 0.326 e. The molecule has 3 N–H and O–H groups in total. The number of hydrogen-bond acceptors (Lipinski definition) is 4. The van der Waals surface area contributed by atoms with Crippen LogP contribution in [0.1, 0.15) is 17.7 Å². The Morgan fingerprint density at radius 2 is 2.25 bits per heavy atom. The van der Waals surface area contributed by atoms with E-state index in [4.69, 9.17) is 5.11 Å². The Kier molecular flexibility index (Phi) is 3.93. The molecule has 1 aliphatic heterocycles. The summed E-state index contributed by atoms with van der Waals surface area (Å²) in [6.07, 6.45) is 0.930. The van der Waals surface area contributed by atoms with Gasteiger partial charge in [0.25, 0.3) is 0 Å². The topological polar surface area (TPSA) is 108 Å². The van der Waals surface area contributed by atoms with E-state index in [0.717, 1.165) is 16.2 Å². The maximum absolute atomic E-state index is 12.0. The molecule has 0 unspecified atom stereocenters. The molecule has 2 rings (SSSR count). The molecule has 2 amide bonds. The van der Waals surface area contributed by atoms with Gasteiger partial charge in [0.15, 0.2) is 0 Å². The van der Waals surface area contributed by atoms with Crippen molar-refractivity contribution in [2.45, 2.75) is 32.0 Å². The second-order valence-electron chi connectivity index (χ2n) is 4.93. The molecule has 110 valence electrons. The van der Waals surface area contributed by atoms with Crippen molar-refractivity contribution in [1.29, 1.82) is 0 Å². The number of amides is 2. The van der Waals surface area contributed by atoms with Gasteiger partial charge in [-0.1, -0.05) is 0 Å². The number of β-amino-alcohol motifs (C(OH)–C–C–N with tert-alkyl or cyclic N) is 1. The van der Waals surface area contributed by atoms with Gasteiger partial charge in [0.1, 0.15) is 6.04 Å². The van der Waals surface area contributed by atoms with Crippen LogP contribution in [0.5, 0.6) is 0 Å². The van der Waals surface area contributed by atoms with Gasteiger partial charge < -0.3 is 20.4 Å². The molecule has 8 nitrogen and oxygen atoms in total. The van der Waals surface area contributed by atoms with E-state index in [-0.39, 0.29) is 19.5 Å². The van der Waals surface area contributed by atoms with Crippen LogP contribution < -0.4 is 5.32 Å². The van der Waals surface area contributed by atoms with Crippen molar-refractivity contribution in [3.8, 4) is 0 Å². The van der Waals surface area contributed by atoms with E-state index >= 15 is 0 Å². The standard InChI is InChI=1S/C12H18N4O4/c1-7-8(5-14-15(7)2)4-13-12(20)16-6-9(17)3-10(16)11(18)19/h5,9-10,17H,3-4,6H2,1-2H3,(H,13,20)(H,18,19)/t9-,10-/m1/s1. The molecule has 1 fully saturated rings. The second-order valence-corrected chi connectivity index (χ2v) is 4.93. The molecule has 0 spiro atoms. The van der Waals surface area contributed by atoms with Crippen molar-refractivity contribution >= 4 is 12.0 Å². The molecular formula is C12H18N4O4. The zero-order valence-corrected chi connectivity index (χ0v) is 11.4. The minimum Gasteiger partial charge on any atom is -0.480 e. The lowest BCUT2D eigenvalue weighted by Crippen LogP contribution is -2.46. The Hall–Kier alpha value is -2.09. The van der Waals surface area contributed by atoms with Crippen LogP contribution in [-0.2, 0) is 18.4 Å². The molecule has 0 saturated carbocycles. The number of carbonyl (C=O) groups is 2. The third-order valence-electron chi connectivity index (χ3n) is 3.59. The van der Waals surface area contributed by atoms with Gasteiger partial charge in [0.2, 0.25) is 0 Å². The van der Waals surface area contributed by atoms with Crippen molar-refractivity contribution < 1.29 is 19.8 Å². The SMILES string of the molecule is Cc1c(CNC(=O)N2C[C@H](O)C[C@@H]2C(=O)O)cnn1C. The monoisotopic (exact) mass is 282 g/mol. The van der Waals surface area contributed by atoms with E-state index in [9.17, 15) is 14.7 Å². The van der Waals surface area contributed by atoms with Gasteiger partial charge in [-0.15, -0.1) is 0 Å². The average Bonchev–Trinajstić information content (AvgIpc) is 2.92. The van der Waals surface area contributed by atoms with Crippen LogP contribution in [0.2, 0.25) is 0 Å². The number of rotatable bonds is 3. The van der Waals surface area contributed by atoms with E-state index in [0.29, 0.717) is 0 Å².